The summed E-state index contributed by atoms with van der Waals surface area (Å²) < 4.78 is 10.7. The quantitative estimate of drug-likeness (QED) is 0.506. The molecule has 0 aliphatic carbocycles. The molecule has 5 nitrogen and oxygen atoms in total. The van der Waals surface area contributed by atoms with Crippen molar-refractivity contribution in [3.63, 3.8) is 0 Å². The Morgan fingerprint density at radius 2 is 2.12 bits per heavy atom. The highest BCUT2D eigenvalue weighted by atomic mass is 16.7. The summed E-state index contributed by atoms with van der Waals surface area (Å²) in [5, 5.41) is 19.0. The van der Waals surface area contributed by atoms with Gasteiger partial charge in [0.25, 0.3) is 0 Å². The fourth-order valence-corrected chi connectivity index (χ4v) is 1.62. The molecule has 1 aliphatic rings. The van der Waals surface area contributed by atoms with Gasteiger partial charge in [-0.1, -0.05) is 0 Å². The molecule has 16 heavy (non-hydrogen) atoms. The van der Waals surface area contributed by atoms with Gasteiger partial charge >= 0.3 is 0 Å². The number of aliphatic hydroxyl groups is 2. The van der Waals surface area contributed by atoms with E-state index < -0.39 is 18.5 Å². The fraction of sp³-hybridized carbons (Fsp3) is 0.909. The minimum Gasteiger partial charge on any atom is -0.390 e. The molecule has 1 aliphatic heterocycles. The number of carbonyl (C=O) groups is 1. The van der Waals surface area contributed by atoms with Crippen LogP contribution in [0, 0.1) is 0 Å². The van der Waals surface area contributed by atoms with Gasteiger partial charge in [0.1, 0.15) is 12.4 Å². The topological polar surface area (TPSA) is 76.0 Å². The zero-order valence-corrected chi connectivity index (χ0v) is 9.54. The van der Waals surface area contributed by atoms with E-state index in [1.807, 2.05) is 0 Å². The number of ether oxygens (including phenoxy) is 2. The molecule has 0 amide bonds. The SMILES string of the molecule is CC1OC(OCCCCC=O)C(O)CC1O. The monoisotopic (exact) mass is 232 g/mol. The fourth-order valence-electron chi connectivity index (χ4n) is 1.62. The summed E-state index contributed by atoms with van der Waals surface area (Å²) >= 11 is 0. The van der Waals surface area contributed by atoms with Crippen LogP contribution < -0.4 is 0 Å². The maximum atomic E-state index is 10.1. The Labute approximate surface area is 95.4 Å². The van der Waals surface area contributed by atoms with Crippen molar-refractivity contribution in [3.05, 3.63) is 0 Å². The molecule has 1 fully saturated rings. The molecule has 5 heteroatoms. The summed E-state index contributed by atoms with van der Waals surface area (Å²) in [4.78, 5) is 10.1. The van der Waals surface area contributed by atoms with E-state index in [1.54, 1.807) is 6.92 Å². The minimum atomic E-state index is -0.780. The van der Waals surface area contributed by atoms with Gasteiger partial charge in [-0.2, -0.15) is 0 Å². The molecule has 0 bridgehead atoms. The van der Waals surface area contributed by atoms with Crippen LogP contribution in [0.15, 0.2) is 0 Å². The van der Waals surface area contributed by atoms with Crippen molar-refractivity contribution >= 4 is 6.29 Å². The molecule has 94 valence electrons. The average molecular weight is 232 g/mol. The zero-order chi connectivity index (χ0) is 12.0. The van der Waals surface area contributed by atoms with E-state index in [1.165, 1.54) is 0 Å². The lowest BCUT2D eigenvalue weighted by Crippen LogP contribution is -2.47. The van der Waals surface area contributed by atoms with E-state index >= 15 is 0 Å². The van der Waals surface area contributed by atoms with Gasteiger partial charge in [-0.05, 0) is 19.8 Å². The van der Waals surface area contributed by atoms with E-state index in [0.717, 1.165) is 19.1 Å². The minimum absolute atomic E-state index is 0.278. The zero-order valence-electron chi connectivity index (χ0n) is 9.54. The van der Waals surface area contributed by atoms with Gasteiger partial charge in [0.05, 0.1) is 12.2 Å². The first-order valence-electron chi connectivity index (χ1n) is 5.72. The summed E-state index contributed by atoms with van der Waals surface area (Å²) in [5.41, 5.74) is 0. The standard InChI is InChI=1S/C11H20O5/c1-8-9(13)7-10(14)11(16-8)15-6-4-2-3-5-12/h5,8-11,13-14H,2-4,6-7H2,1H3. The van der Waals surface area contributed by atoms with Crippen LogP contribution in [0.25, 0.3) is 0 Å². The van der Waals surface area contributed by atoms with Crippen molar-refractivity contribution < 1.29 is 24.5 Å². The highest BCUT2D eigenvalue weighted by molar-refractivity contribution is 5.48. The van der Waals surface area contributed by atoms with Crippen LogP contribution in [0.2, 0.25) is 0 Å². The molecule has 0 spiro atoms. The molecule has 1 heterocycles. The second kappa shape index (κ2) is 6.96. The molecule has 0 radical (unpaired) electrons. The predicted octanol–water partition coefficient (Wildman–Crippen LogP) is 0.229. The largest absolute Gasteiger partial charge is 0.390 e. The smallest absolute Gasteiger partial charge is 0.183 e. The molecule has 2 N–H and O–H groups in total. The Morgan fingerprint density at radius 3 is 2.81 bits per heavy atom. The van der Waals surface area contributed by atoms with Gasteiger partial charge < -0.3 is 24.5 Å². The van der Waals surface area contributed by atoms with Crippen molar-refractivity contribution in [3.8, 4) is 0 Å². The normalized spacial score (nSPS) is 34.9. The molecular formula is C11H20O5. The lowest BCUT2D eigenvalue weighted by Gasteiger charge is -2.35. The maximum Gasteiger partial charge on any atom is 0.183 e. The van der Waals surface area contributed by atoms with Crippen molar-refractivity contribution in [1.29, 1.82) is 0 Å². The first-order chi connectivity index (χ1) is 7.65. The molecule has 4 unspecified atom stereocenters. The molecule has 0 aromatic carbocycles. The molecule has 1 rings (SSSR count). The summed E-state index contributed by atoms with van der Waals surface area (Å²) in [5.74, 6) is 0. The number of unbranched alkanes of at least 4 members (excludes halogenated alkanes) is 2. The number of aliphatic hydroxyl groups excluding tert-OH is 2. The predicted molar refractivity (Wildman–Crippen MR) is 56.8 cm³/mol. The van der Waals surface area contributed by atoms with Gasteiger partial charge in [0.2, 0.25) is 0 Å². The van der Waals surface area contributed by atoms with Gasteiger partial charge in [-0.3, -0.25) is 0 Å². The molecule has 0 aromatic heterocycles. The van der Waals surface area contributed by atoms with Crippen LogP contribution in [0.3, 0.4) is 0 Å². The van der Waals surface area contributed by atoms with Crippen LogP contribution in [0.1, 0.15) is 32.6 Å². The molecule has 0 aromatic rings. The third kappa shape index (κ3) is 4.17. The third-order valence-electron chi connectivity index (χ3n) is 2.69. The molecule has 4 atom stereocenters. The van der Waals surface area contributed by atoms with Gasteiger partial charge in [-0.15, -0.1) is 0 Å². The lowest BCUT2D eigenvalue weighted by molar-refractivity contribution is -0.261. The van der Waals surface area contributed by atoms with E-state index in [9.17, 15) is 15.0 Å². The van der Waals surface area contributed by atoms with Gasteiger partial charge in [0.15, 0.2) is 6.29 Å². The second-order valence-corrected chi connectivity index (χ2v) is 4.11. The van der Waals surface area contributed by atoms with Crippen LogP contribution in [0.5, 0.6) is 0 Å². The van der Waals surface area contributed by atoms with E-state index in [0.29, 0.717) is 13.0 Å². The molecular weight excluding hydrogens is 212 g/mol. The summed E-state index contributed by atoms with van der Waals surface area (Å²) in [6, 6.07) is 0. The summed E-state index contributed by atoms with van der Waals surface area (Å²) in [7, 11) is 0. The Bertz CT molecular complexity index is 209. The van der Waals surface area contributed by atoms with E-state index in [4.69, 9.17) is 9.47 Å². The Balaban J connectivity index is 2.18. The van der Waals surface area contributed by atoms with Crippen LogP contribution in [-0.4, -0.2) is 47.7 Å². The highest BCUT2D eigenvalue weighted by Crippen LogP contribution is 2.21. The van der Waals surface area contributed by atoms with Crippen molar-refractivity contribution in [2.45, 2.75) is 57.2 Å². The lowest BCUT2D eigenvalue weighted by atomic mass is 10.0. The van der Waals surface area contributed by atoms with Crippen molar-refractivity contribution in [2.24, 2.45) is 0 Å². The van der Waals surface area contributed by atoms with E-state index in [-0.39, 0.29) is 12.5 Å². The van der Waals surface area contributed by atoms with Crippen LogP contribution in [0.4, 0.5) is 0 Å². The molecule has 1 saturated heterocycles. The number of hydrogen-bond donors (Lipinski definition) is 2. The van der Waals surface area contributed by atoms with Gasteiger partial charge in [0, 0.05) is 19.4 Å². The van der Waals surface area contributed by atoms with Crippen molar-refractivity contribution in [2.75, 3.05) is 6.61 Å². The second-order valence-electron chi connectivity index (χ2n) is 4.11. The highest BCUT2D eigenvalue weighted by Gasteiger charge is 2.34. The Kier molecular flexibility index (Phi) is 5.90. The number of carbonyl (C=O) groups excluding carboxylic acids is 1. The van der Waals surface area contributed by atoms with E-state index in [2.05, 4.69) is 0 Å². The molecule has 0 saturated carbocycles. The number of rotatable bonds is 6. The van der Waals surface area contributed by atoms with Gasteiger partial charge in [-0.25, -0.2) is 0 Å². The number of aldehydes is 1. The van der Waals surface area contributed by atoms with Crippen molar-refractivity contribution in [1.82, 2.24) is 0 Å². The number of hydrogen-bond acceptors (Lipinski definition) is 5. The first-order valence-corrected chi connectivity index (χ1v) is 5.72. The average Bonchev–Trinajstić information content (AvgIpc) is 2.25. The summed E-state index contributed by atoms with van der Waals surface area (Å²) in [6.45, 7) is 2.21. The Morgan fingerprint density at radius 1 is 1.38 bits per heavy atom. The van der Waals surface area contributed by atoms with Crippen LogP contribution >= 0.6 is 0 Å². The maximum absolute atomic E-state index is 10.1. The Hall–Kier alpha value is -0.490. The first kappa shape index (κ1) is 13.6. The third-order valence-corrected chi connectivity index (χ3v) is 2.69. The summed E-state index contributed by atoms with van der Waals surface area (Å²) in [6.07, 6.45) is 0.851. The van der Waals surface area contributed by atoms with Crippen LogP contribution in [-0.2, 0) is 14.3 Å².